The molecular weight excluding hydrogens is 474 g/mol. The van der Waals surface area contributed by atoms with E-state index in [1.54, 1.807) is 0 Å². The van der Waals surface area contributed by atoms with Crippen molar-refractivity contribution in [3.8, 4) is 11.3 Å². The van der Waals surface area contributed by atoms with Gasteiger partial charge >= 0.3 is 0 Å². The first kappa shape index (κ1) is 21.0. The lowest BCUT2D eigenvalue weighted by molar-refractivity contribution is 1.03. The van der Waals surface area contributed by atoms with Crippen molar-refractivity contribution in [2.24, 2.45) is 0 Å². The average molecular weight is 498 g/mol. The van der Waals surface area contributed by atoms with Crippen LogP contribution in [-0.4, -0.2) is 14.4 Å². The highest BCUT2D eigenvalue weighted by Gasteiger charge is 2.23. The van der Waals surface area contributed by atoms with E-state index in [1.165, 1.54) is 48.9 Å². The molecule has 1 aliphatic carbocycles. The zero-order chi connectivity index (χ0) is 25.5. The van der Waals surface area contributed by atoms with E-state index in [-0.39, 0.29) is 0 Å². The summed E-state index contributed by atoms with van der Waals surface area (Å²) in [6, 6.07) is 35.0. The molecule has 4 aromatic carbocycles. The van der Waals surface area contributed by atoms with Gasteiger partial charge in [-0.25, -0.2) is 9.97 Å². The minimum atomic E-state index is 0.794. The number of fused-ring (bicyclic) bond motifs is 9. The van der Waals surface area contributed by atoms with Gasteiger partial charge in [-0.1, -0.05) is 91.0 Å². The fourth-order valence-electron chi connectivity index (χ4n) is 6.67. The third kappa shape index (κ3) is 2.82. The Kier molecular flexibility index (Phi) is 4.17. The predicted molar refractivity (Wildman–Crippen MR) is 163 cm³/mol. The van der Waals surface area contributed by atoms with Crippen LogP contribution in [0.1, 0.15) is 18.7 Å². The lowest BCUT2D eigenvalue weighted by Crippen LogP contribution is -1.99. The summed E-state index contributed by atoms with van der Waals surface area (Å²) in [5, 5.41) is 8.67. The summed E-state index contributed by atoms with van der Waals surface area (Å²) in [6.45, 7) is 0. The maximum atomic E-state index is 5.33. The minimum Gasteiger partial charge on any atom is -0.308 e. The number of allylic oxidation sites excluding steroid dienone is 4. The molecule has 182 valence electrons. The largest absolute Gasteiger partial charge is 0.308 e. The summed E-state index contributed by atoms with van der Waals surface area (Å²) in [6.07, 6.45) is 8.74. The van der Waals surface area contributed by atoms with Gasteiger partial charge < -0.3 is 4.40 Å². The van der Waals surface area contributed by atoms with Crippen LogP contribution >= 0.6 is 0 Å². The first-order valence-corrected chi connectivity index (χ1v) is 13.6. The van der Waals surface area contributed by atoms with Gasteiger partial charge in [0.25, 0.3) is 0 Å². The fraction of sp³-hybridized carbons (Fsp3) is 0.0556. The molecule has 0 unspecified atom stereocenters. The maximum absolute atomic E-state index is 5.33. The molecule has 0 bridgehead atoms. The monoisotopic (exact) mass is 497 g/mol. The molecule has 9 rings (SSSR count). The van der Waals surface area contributed by atoms with Crippen molar-refractivity contribution >= 4 is 65.3 Å². The Morgan fingerprint density at radius 1 is 0.615 bits per heavy atom. The Labute approximate surface area is 224 Å². The first-order valence-electron chi connectivity index (χ1n) is 13.6. The molecular formula is C36H23N3. The SMILES string of the molecule is C1=CC(c2nc(-c3cc4ccccc4c4c3c3c5ccccc5c5cccc4n53)c3ccccc3n2)=CCC1. The lowest BCUT2D eigenvalue weighted by Gasteiger charge is -2.13. The molecule has 3 nitrogen and oxygen atoms in total. The van der Waals surface area contributed by atoms with Crippen LogP contribution in [0.25, 0.3) is 76.6 Å². The van der Waals surface area contributed by atoms with E-state index in [2.05, 4.69) is 120 Å². The second-order valence-electron chi connectivity index (χ2n) is 10.5. The third-order valence-corrected chi connectivity index (χ3v) is 8.33. The van der Waals surface area contributed by atoms with Gasteiger partial charge in [0.1, 0.15) is 0 Å². The van der Waals surface area contributed by atoms with Gasteiger partial charge in [-0.2, -0.15) is 0 Å². The lowest BCUT2D eigenvalue weighted by atomic mass is 9.94. The maximum Gasteiger partial charge on any atom is 0.160 e. The predicted octanol–water partition coefficient (Wildman–Crippen LogP) is 9.33. The molecule has 0 atom stereocenters. The summed E-state index contributed by atoms with van der Waals surface area (Å²) in [5.41, 5.74) is 7.96. The quantitative estimate of drug-likeness (QED) is 0.238. The van der Waals surface area contributed by atoms with E-state index in [9.17, 15) is 0 Å². The first-order chi connectivity index (χ1) is 19.4. The molecule has 4 heterocycles. The van der Waals surface area contributed by atoms with Crippen LogP contribution in [0, 0.1) is 0 Å². The van der Waals surface area contributed by atoms with E-state index in [0.29, 0.717) is 0 Å². The van der Waals surface area contributed by atoms with E-state index in [0.717, 1.165) is 46.4 Å². The fourth-order valence-corrected chi connectivity index (χ4v) is 6.67. The molecule has 8 aromatic rings. The van der Waals surface area contributed by atoms with Gasteiger partial charge in [0.2, 0.25) is 0 Å². The van der Waals surface area contributed by atoms with Gasteiger partial charge in [-0.15, -0.1) is 0 Å². The summed E-state index contributed by atoms with van der Waals surface area (Å²) < 4.78 is 2.46. The highest BCUT2D eigenvalue weighted by Crippen LogP contribution is 2.46. The van der Waals surface area contributed by atoms with E-state index >= 15 is 0 Å². The number of hydrogen-bond donors (Lipinski definition) is 0. The van der Waals surface area contributed by atoms with Gasteiger partial charge in [-0.05, 0) is 47.9 Å². The zero-order valence-electron chi connectivity index (χ0n) is 21.2. The molecule has 0 N–H and O–H groups in total. The Hall–Kier alpha value is -5.02. The van der Waals surface area contributed by atoms with E-state index < -0.39 is 0 Å². The van der Waals surface area contributed by atoms with Crippen LogP contribution < -0.4 is 0 Å². The van der Waals surface area contributed by atoms with Crippen molar-refractivity contribution in [3.63, 3.8) is 0 Å². The Morgan fingerprint density at radius 3 is 2.26 bits per heavy atom. The van der Waals surface area contributed by atoms with E-state index in [4.69, 9.17) is 9.97 Å². The normalized spacial score (nSPS) is 14.0. The second kappa shape index (κ2) is 7.75. The number of rotatable bonds is 2. The number of aromatic nitrogens is 3. The van der Waals surface area contributed by atoms with Crippen LogP contribution in [-0.2, 0) is 0 Å². The summed E-state index contributed by atoms with van der Waals surface area (Å²) in [4.78, 5) is 10.4. The average Bonchev–Trinajstić information content (AvgIpc) is 3.54. The molecule has 0 saturated heterocycles. The Balaban J connectivity index is 1.54. The smallest absolute Gasteiger partial charge is 0.160 e. The molecule has 0 fully saturated rings. The molecule has 39 heavy (non-hydrogen) atoms. The molecule has 1 aliphatic rings. The van der Waals surface area contributed by atoms with Crippen molar-refractivity contribution in [1.29, 1.82) is 0 Å². The molecule has 0 aliphatic heterocycles. The highest BCUT2D eigenvalue weighted by molar-refractivity contribution is 6.32. The van der Waals surface area contributed by atoms with Gasteiger partial charge in [0.15, 0.2) is 5.82 Å². The molecule has 0 saturated carbocycles. The number of pyridine rings is 1. The summed E-state index contributed by atoms with van der Waals surface area (Å²) >= 11 is 0. The van der Waals surface area contributed by atoms with Crippen LogP contribution in [0.15, 0.2) is 115 Å². The highest BCUT2D eigenvalue weighted by atomic mass is 14.9. The topological polar surface area (TPSA) is 30.2 Å². The van der Waals surface area contributed by atoms with Crippen LogP contribution in [0.4, 0.5) is 0 Å². The van der Waals surface area contributed by atoms with E-state index in [1.807, 2.05) is 0 Å². The van der Waals surface area contributed by atoms with Gasteiger partial charge in [-0.3, -0.25) is 0 Å². The third-order valence-electron chi connectivity index (χ3n) is 8.33. The summed E-state index contributed by atoms with van der Waals surface area (Å²) in [5.74, 6) is 0.794. The van der Waals surface area contributed by atoms with Crippen molar-refractivity contribution in [2.75, 3.05) is 0 Å². The number of hydrogen-bond acceptors (Lipinski definition) is 2. The van der Waals surface area contributed by atoms with Crippen molar-refractivity contribution in [3.05, 3.63) is 121 Å². The second-order valence-corrected chi connectivity index (χ2v) is 10.5. The number of benzene rings is 4. The Bertz CT molecular complexity index is 2330. The number of nitrogens with zero attached hydrogens (tertiary/aromatic N) is 3. The standard InChI is InChI=1S/C36H23N3/c1-2-11-22(12-3-1)36-37-29-18-9-8-17-27(29)34(38-36)28-21-23-13-4-5-14-24(23)32-31-20-10-19-30-25-15-6-7-16-26(25)35(33(28)32)39(30)31/h2,4-21H,1,3H2. The Morgan fingerprint density at radius 2 is 1.38 bits per heavy atom. The van der Waals surface area contributed by atoms with Gasteiger partial charge in [0.05, 0.1) is 27.8 Å². The zero-order valence-corrected chi connectivity index (χ0v) is 21.2. The van der Waals surface area contributed by atoms with Crippen molar-refractivity contribution in [1.82, 2.24) is 14.4 Å². The number of para-hydroxylation sites is 1. The van der Waals surface area contributed by atoms with Crippen LogP contribution in [0.3, 0.4) is 0 Å². The molecule has 0 radical (unpaired) electrons. The van der Waals surface area contributed by atoms with Crippen molar-refractivity contribution in [2.45, 2.75) is 12.8 Å². The molecule has 4 aromatic heterocycles. The molecule has 0 spiro atoms. The van der Waals surface area contributed by atoms with Crippen LogP contribution in [0.2, 0.25) is 0 Å². The van der Waals surface area contributed by atoms with Gasteiger partial charge in [0, 0.05) is 38.1 Å². The van der Waals surface area contributed by atoms with Crippen LogP contribution in [0.5, 0.6) is 0 Å². The van der Waals surface area contributed by atoms with Crippen molar-refractivity contribution < 1.29 is 0 Å². The molecule has 0 amide bonds. The molecule has 3 heteroatoms. The minimum absolute atomic E-state index is 0.794. The summed E-state index contributed by atoms with van der Waals surface area (Å²) in [7, 11) is 0.